The molecule has 0 spiro atoms. The van der Waals surface area contributed by atoms with Crippen LogP contribution in [0.15, 0.2) is 24.8 Å². The second-order valence-electron chi connectivity index (χ2n) is 3.78. The van der Waals surface area contributed by atoms with E-state index in [9.17, 15) is 0 Å². The predicted octanol–water partition coefficient (Wildman–Crippen LogP) is 2.69. The van der Waals surface area contributed by atoms with Crippen LogP contribution in [0.4, 0.5) is 0 Å². The predicted molar refractivity (Wildman–Crippen MR) is 47.5 cm³/mol. The van der Waals surface area contributed by atoms with Crippen molar-refractivity contribution < 1.29 is 4.74 Å². The fourth-order valence-electron chi connectivity index (χ4n) is 1.58. The average molecular weight is 152 g/mol. The van der Waals surface area contributed by atoms with Gasteiger partial charge in [0, 0.05) is 0 Å². The number of hydrogen-bond donors (Lipinski definition) is 0. The van der Waals surface area contributed by atoms with Crippen LogP contribution in [0.1, 0.15) is 26.7 Å². The van der Waals surface area contributed by atoms with E-state index in [-0.39, 0.29) is 11.7 Å². The topological polar surface area (TPSA) is 9.23 Å². The van der Waals surface area contributed by atoms with Crippen LogP contribution in [0.2, 0.25) is 0 Å². The second-order valence-corrected chi connectivity index (χ2v) is 3.78. The van der Waals surface area contributed by atoms with Crippen molar-refractivity contribution in [2.24, 2.45) is 0 Å². The Labute approximate surface area is 68.8 Å². The van der Waals surface area contributed by atoms with Gasteiger partial charge in [0.05, 0.1) is 11.7 Å². The fourth-order valence-corrected chi connectivity index (χ4v) is 1.58. The zero-order valence-corrected chi connectivity index (χ0v) is 7.39. The lowest BCUT2D eigenvalue weighted by molar-refractivity contribution is -0.0679. The average Bonchev–Trinajstić information content (AvgIpc) is 1.83. The lowest BCUT2D eigenvalue weighted by Crippen LogP contribution is -2.35. The third kappa shape index (κ3) is 2.19. The Morgan fingerprint density at radius 2 is 2.27 bits per heavy atom. The molecule has 1 heteroatoms. The van der Waals surface area contributed by atoms with E-state index in [0.717, 1.165) is 12.8 Å². The van der Waals surface area contributed by atoms with Gasteiger partial charge in [-0.05, 0) is 26.7 Å². The molecule has 1 rings (SSSR count). The summed E-state index contributed by atoms with van der Waals surface area (Å²) in [6, 6.07) is 0. The summed E-state index contributed by atoms with van der Waals surface area (Å²) in [5.41, 5.74) is 1.22. The highest BCUT2D eigenvalue weighted by Crippen LogP contribution is 2.30. The Morgan fingerprint density at radius 1 is 1.64 bits per heavy atom. The van der Waals surface area contributed by atoms with Gasteiger partial charge in [-0.1, -0.05) is 18.2 Å². The van der Waals surface area contributed by atoms with Gasteiger partial charge in [0.1, 0.15) is 0 Å². The van der Waals surface area contributed by atoms with Crippen LogP contribution in [-0.2, 0) is 4.74 Å². The van der Waals surface area contributed by atoms with Crippen LogP contribution >= 0.6 is 0 Å². The molecule has 0 bridgehead atoms. The Morgan fingerprint density at radius 3 is 2.73 bits per heavy atom. The molecule has 1 atom stereocenters. The number of hydrogen-bond acceptors (Lipinski definition) is 1. The van der Waals surface area contributed by atoms with E-state index in [0.29, 0.717) is 0 Å². The van der Waals surface area contributed by atoms with Crippen molar-refractivity contribution in [1.29, 1.82) is 0 Å². The van der Waals surface area contributed by atoms with Crippen molar-refractivity contribution in [3.8, 4) is 0 Å². The van der Waals surface area contributed by atoms with E-state index in [4.69, 9.17) is 4.74 Å². The molecule has 1 aliphatic rings. The van der Waals surface area contributed by atoms with Crippen molar-refractivity contribution in [1.82, 2.24) is 0 Å². The van der Waals surface area contributed by atoms with Crippen molar-refractivity contribution in [2.75, 3.05) is 0 Å². The Balaban J connectivity index is 2.65. The molecule has 62 valence electrons. The fraction of sp³-hybridized carbons (Fsp3) is 0.600. The second kappa shape index (κ2) is 2.82. The zero-order valence-electron chi connectivity index (χ0n) is 7.39. The molecule has 0 radical (unpaired) electrons. The molecule has 0 amide bonds. The summed E-state index contributed by atoms with van der Waals surface area (Å²) in [5, 5.41) is 0. The molecule has 0 N–H and O–H groups in total. The first kappa shape index (κ1) is 8.54. The minimum absolute atomic E-state index is 0.0474. The van der Waals surface area contributed by atoms with E-state index in [2.05, 4.69) is 27.0 Å². The van der Waals surface area contributed by atoms with E-state index in [1.54, 1.807) is 0 Å². The quantitative estimate of drug-likeness (QED) is 0.525. The highest BCUT2D eigenvalue weighted by atomic mass is 16.5. The smallest absolute Gasteiger partial charge is 0.0797 e. The summed E-state index contributed by atoms with van der Waals surface area (Å²) in [7, 11) is 0. The van der Waals surface area contributed by atoms with Gasteiger partial charge in [-0.25, -0.2) is 0 Å². The summed E-state index contributed by atoms with van der Waals surface area (Å²) in [5.74, 6) is 0. The van der Waals surface area contributed by atoms with Crippen LogP contribution in [0.5, 0.6) is 0 Å². The SMILES string of the molecule is C=CC1CC(=C)CC(C)(C)O1. The minimum Gasteiger partial charge on any atom is -0.368 e. The number of ether oxygens (including phenoxy) is 1. The molecule has 1 saturated heterocycles. The first-order chi connectivity index (χ1) is 5.03. The summed E-state index contributed by atoms with van der Waals surface area (Å²) < 4.78 is 5.71. The maximum absolute atomic E-state index is 5.71. The van der Waals surface area contributed by atoms with E-state index in [1.807, 2.05) is 6.08 Å². The molecule has 1 nitrogen and oxygen atoms in total. The summed E-state index contributed by atoms with van der Waals surface area (Å²) in [6.45, 7) is 11.9. The number of rotatable bonds is 1. The molecule has 0 aliphatic carbocycles. The standard InChI is InChI=1S/C10H16O/c1-5-9-6-8(2)7-10(3,4)11-9/h5,9H,1-2,6-7H2,3-4H3. The molecule has 0 saturated carbocycles. The summed E-state index contributed by atoms with van der Waals surface area (Å²) in [4.78, 5) is 0. The van der Waals surface area contributed by atoms with Gasteiger partial charge in [-0.2, -0.15) is 0 Å². The third-order valence-electron chi connectivity index (χ3n) is 1.90. The van der Waals surface area contributed by atoms with Gasteiger partial charge in [0.25, 0.3) is 0 Å². The lowest BCUT2D eigenvalue weighted by Gasteiger charge is -2.35. The van der Waals surface area contributed by atoms with Crippen LogP contribution in [0, 0.1) is 0 Å². The zero-order chi connectivity index (χ0) is 8.48. The molecule has 1 fully saturated rings. The van der Waals surface area contributed by atoms with Gasteiger partial charge in [0.2, 0.25) is 0 Å². The maximum Gasteiger partial charge on any atom is 0.0797 e. The van der Waals surface area contributed by atoms with Crippen LogP contribution in [0.25, 0.3) is 0 Å². The van der Waals surface area contributed by atoms with Crippen LogP contribution in [-0.4, -0.2) is 11.7 Å². The molecule has 1 aliphatic heterocycles. The molecule has 0 aromatic heterocycles. The first-order valence-corrected chi connectivity index (χ1v) is 4.00. The van der Waals surface area contributed by atoms with E-state index in [1.165, 1.54) is 5.57 Å². The molecule has 0 aromatic rings. The highest BCUT2D eigenvalue weighted by Gasteiger charge is 2.28. The summed E-state index contributed by atoms with van der Waals surface area (Å²) in [6.07, 6.45) is 3.93. The van der Waals surface area contributed by atoms with Gasteiger partial charge in [-0.3, -0.25) is 0 Å². The Bertz CT molecular complexity index is 179. The normalized spacial score (nSPS) is 30.0. The van der Waals surface area contributed by atoms with E-state index < -0.39 is 0 Å². The molecule has 1 heterocycles. The minimum atomic E-state index is -0.0474. The van der Waals surface area contributed by atoms with E-state index >= 15 is 0 Å². The molecule has 0 aromatic carbocycles. The monoisotopic (exact) mass is 152 g/mol. The van der Waals surface area contributed by atoms with Gasteiger partial charge < -0.3 is 4.74 Å². The van der Waals surface area contributed by atoms with Gasteiger partial charge in [0.15, 0.2) is 0 Å². The summed E-state index contributed by atoms with van der Waals surface area (Å²) >= 11 is 0. The first-order valence-electron chi connectivity index (χ1n) is 4.00. The molecular weight excluding hydrogens is 136 g/mol. The molecular formula is C10H16O. The van der Waals surface area contributed by atoms with Crippen molar-refractivity contribution in [2.45, 2.75) is 38.4 Å². The maximum atomic E-state index is 5.71. The van der Waals surface area contributed by atoms with Crippen molar-refractivity contribution >= 4 is 0 Å². The van der Waals surface area contributed by atoms with Crippen LogP contribution < -0.4 is 0 Å². The van der Waals surface area contributed by atoms with Crippen LogP contribution in [0.3, 0.4) is 0 Å². The largest absolute Gasteiger partial charge is 0.368 e. The molecule has 1 unspecified atom stereocenters. The van der Waals surface area contributed by atoms with Crippen molar-refractivity contribution in [3.63, 3.8) is 0 Å². The Kier molecular flexibility index (Phi) is 2.19. The van der Waals surface area contributed by atoms with Gasteiger partial charge >= 0.3 is 0 Å². The Hall–Kier alpha value is -0.560. The highest BCUT2D eigenvalue weighted by molar-refractivity contribution is 5.08. The third-order valence-corrected chi connectivity index (χ3v) is 1.90. The van der Waals surface area contributed by atoms with Gasteiger partial charge in [-0.15, -0.1) is 6.58 Å². The lowest BCUT2D eigenvalue weighted by atomic mass is 9.91. The van der Waals surface area contributed by atoms with Crippen molar-refractivity contribution in [3.05, 3.63) is 24.8 Å². The molecule has 11 heavy (non-hydrogen) atoms.